The first-order valence-electron chi connectivity index (χ1n) is 8.28. The second-order valence-corrected chi connectivity index (χ2v) is 6.87. The van der Waals surface area contributed by atoms with Gasteiger partial charge in [-0.25, -0.2) is 0 Å². The summed E-state index contributed by atoms with van der Waals surface area (Å²) in [6.07, 6.45) is 9.05. The summed E-state index contributed by atoms with van der Waals surface area (Å²) in [6, 6.07) is 0.366. The molecule has 1 amide bonds. The van der Waals surface area contributed by atoms with Gasteiger partial charge in [0.25, 0.3) is 0 Å². The van der Waals surface area contributed by atoms with E-state index in [9.17, 15) is 4.79 Å². The van der Waals surface area contributed by atoms with Gasteiger partial charge in [-0.3, -0.25) is 4.79 Å². The Morgan fingerprint density at radius 1 is 1.05 bits per heavy atom. The quantitative estimate of drug-likeness (QED) is 0.789. The molecule has 1 saturated carbocycles. The molecule has 3 heteroatoms. The van der Waals surface area contributed by atoms with Gasteiger partial charge in [-0.05, 0) is 51.0 Å². The maximum atomic E-state index is 12.7. The molecule has 108 valence electrons. The number of nitrogens with one attached hydrogen (secondary N) is 1. The van der Waals surface area contributed by atoms with E-state index in [-0.39, 0.29) is 5.92 Å². The van der Waals surface area contributed by atoms with Crippen molar-refractivity contribution in [2.45, 2.75) is 57.9 Å². The molecule has 3 nitrogen and oxygen atoms in total. The zero-order valence-corrected chi connectivity index (χ0v) is 12.2. The fourth-order valence-electron chi connectivity index (χ4n) is 4.42. The van der Waals surface area contributed by atoms with E-state index < -0.39 is 0 Å². The van der Waals surface area contributed by atoms with Crippen molar-refractivity contribution in [3.8, 4) is 0 Å². The van der Waals surface area contributed by atoms with Crippen LogP contribution in [0, 0.1) is 17.8 Å². The summed E-state index contributed by atoms with van der Waals surface area (Å²) in [5, 5.41) is 3.46. The minimum Gasteiger partial charge on any atom is -0.342 e. The topological polar surface area (TPSA) is 32.3 Å². The van der Waals surface area contributed by atoms with Crippen molar-refractivity contribution in [1.29, 1.82) is 0 Å². The van der Waals surface area contributed by atoms with E-state index >= 15 is 0 Å². The molecule has 4 atom stereocenters. The van der Waals surface area contributed by atoms with Gasteiger partial charge in [-0.1, -0.05) is 19.3 Å². The van der Waals surface area contributed by atoms with E-state index in [2.05, 4.69) is 17.1 Å². The van der Waals surface area contributed by atoms with Gasteiger partial charge >= 0.3 is 0 Å². The van der Waals surface area contributed by atoms with Gasteiger partial charge < -0.3 is 10.2 Å². The van der Waals surface area contributed by atoms with E-state index in [1.165, 1.54) is 32.1 Å². The highest BCUT2D eigenvalue weighted by atomic mass is 16.2. The molecule has 0 aromatic rings. The highest BCUT2D eigenvalue weighted by Crippen LogP contribution is 2.36. The van der Waals surface area contributed by atoms with Crippen LogP contribution in [0.2, 0.25) is 0 Å². The number of piperidine rings is 2. The highest BCUT2D eigenvalue weighted by Gasteiger charge is 2.37. The summed E-state index contributed by atoms with van der Waals surface area (Å²) < 4.78 is 0. The van der Waals surface area contributed by atoms with E-state index in [0.717, 1.165) is 44.3 Å². The van der Waals surface area contributed by atoms with Crippen molar-refractivity contribution in [2.75, 3.05) is 19.6 Å². The molecule has 2 saturated heterocycles. The number of likely N-dealkylation sites (tertiary alicyclic amines) is 1. The van der Waals surface area contributed by atoms with Crippen LogP contribution in [0.3, 0.4) is 0 Å². The van der Waals surface area contributed by atoms with Crippen LogP contribution < -0.4 is 5.32 Å². The third-order valence-electron chi connectivity index (χ3n) is 5.68. The number of fused-ring (bicyclic) bond motifs is 1. The van der Waals surface area contributed by atoms with Crippen molar-refractivity contribution in [3.63, 3.8) is 0 Å². The second-order valence-electron chi connectivity index (χ2n) is 6.87. The van der Waals surface area contributed by atoms with Crippen LogP contribution in [0.1, 0.15) is 51.9 Å². The van der Waals surface area contributed by atoms with E-state index in [0.29, 0.717) is 11.9 Å². The number of nitrogens with zero attached hydrogens (tertiary/aromatic N) is 1. The minimum atomic E-state index is 0.230. The number of hydrogen-bond acceptors (Lipinski definition) is 2. The lowest BCUT2D eigenvalue weighted by Crippen LogP contribution is -2.52. The second kappa shape index (κ2) is 5.82. The highest BCUT2D eigenvalue weighted by molar-refractivity contribution is 5.79. The van der Waals surface area contributed by atoms with Crippen LogP contribution in [0.15, 0.2) is 0 Å². The van der Waals surface area contributed by atoms with Crippen molar-refractivity contribution < 1.29 is 4.79 Å². The first-order chi connectivity index (χ1) is 9.25. The number of rotatable bonds is 1. The van der Waals surface area contributed by atoms with Crippen LogP contribution in [-0.4, -0.2) is 36.5 Å². The molecular formula is C16H28N2O. The molecule has 0 radical (unpaired) electrons. The lowest BCUT2D eigenvalue weighted by molar-refractivity contribution is -0.140. The molecule has 2 heterocycles. The monoisotopic (exact) mass is 264 g/mol. The Morgan fingerprint density at radius 3 is 2.63 bits per heavy atom. The van der Waals surface area contributed by atoms with E-state index in [1.807, 2.05) is 0 Å². The van der Waals surface area contributed by atoms with Gasteiger partial charge in [0.15, 0.2) is 0 Å². The predicted molar refractivity (Wildman–Crippen MR) is 76.8 cm³/mol. The lowest BCUT2D eigenvalue weighted by atomic mass is 9.75. The maximum Gasteiger partial charge on any atom is 0.227 e. The fraction of sp³-hybridized carbons (Fsp3) is 0.938. The third-order valence-corrected chi connectivity index (χ3v) is 5.68. The fourth-order valence-corrected chi connectivity index (χ4v) is 4.42. The maximum absolute atomic E-state index is 12.7. The molecule has 2 aliphatic heterocycles. The van der Waals surface area contributed by atoms with Gasteiger partial charge in [0.05, 0.1) is 5.92 Å². The van der Waals surface area contributed by atoms with Gasteiger partial charge in [-0.15, -0.1) is 0 Å². The standard InChI is InChI=1S/C16H28N2O/c1-12-15(7-4-9-17-12)16(19)18-10-8-13-5-2-3-6-14(13)11-18/h12-15,17H,2-11H2,1H3. The molecule has 0 spiro atoms. The van der Waals surface area contributed by atoms with Crippen LogP contribution >= 0.6 is 0 Å². The zero-order valence-electron chi connectivity index (χ0n) is 12.2. The van der Waals surface area contributed by atoms with Gasteiger partial charge in [0.2, 0.25) is 5.91 Å². The van der Waals surface area contributed by atoms with Crippen LogP contribution in [-0.2, 0) is 4.79 Å². The molecule has 0 aromatic heterocycles. The molecule has 3 rings (SSSR count). The summed E-state index contributed by atoms with van der Waals surface area (Å²) in [4.78, 5) is 14.9. The Morgan fingerprint density at radius 2 is 1.84 bits per heavy atom. The smallest absolute Gasteiger partial charge is 0.227 e. The molecule has 0 bridgehead atoms. The Bertz CT molecular complexity index is 331. The zero-order chi connectivity index (χ0) is 13.2. The van der Waals surface area contributed by atoms with Crippen LogP contribution in [0.4, 0.5) is 0 Å². The molecule has 1 aliphatic carbocycles. The average Bonchev–Trinajstić information content (AvgIpc) is 2.46. The molecule has 0 aromatic carbocycles. The molecule has 3 aliphatic rings. The molecular weight excluding hydrogens is 236 g/mol. The molecule has 1 N–H and O–H groups in total. The van der Waals surface area contributed by atoms with Gasteiger partial charge in [0, 0.05) is 19.1 Å². The Balaban J connectivity index is 1.60. The lowest BCUT2D eigenvalue weighted by Gasteiger charge is -2.43. The Labute approximate surface area is 117 Å². The average molecular weight is 264 g/mol. The van der Waals surface area contributed by atoms with Crippen LogP contribution in [0.5, 0.6) is 0 Å². The SMILES string of the molecule is CC1NCCCC1C(=O)N1CCC2CCCCC2C1. The van der Waals surface area contributed by atoms with Crippen molar-refractivity contribution >= 4 is 5.91 Å². The first-order valence-corrected chi connectivity index (χ1v) is 8.28. The summed E-state index contributed by atoms with van der Waals surface area (Å²) in [6.45, 7) is 5.32. The summed E-state index contributed by atoms with van der Waals surface area (Å²) >= 11 is 0. The summed E-state index contributed by atoms with van der Waals surface area (Å²) in [5.41, 5.74) is 0. The minimum absolute atomic E-state index is 0.230. The van der Waals surface area contributed by atoms with Crippen molar-refractivity contribution in [2.24, 2.45) is 17.8 Å². The normalized spacial score (nSPS) is 39.7. The van der Waals surface area contributed by atoms with Gasteiger partial charge in [-0.2, -0.15) is 0 Å². The summed E-state index contributed by atoms with van der Waals surface area (Å²) in [7, 11) is 0. The molecule has 4 unspecified atom stereocenters. The van der Waals surface area contributed by atoms with Crippen molar-refractivity contribution in [1.82, 2.24) is 10.2 Å². The van der Waals surface area contributed by atoms with Gasteiger partial charge in [0.1, 0.15) is 0 Å². The molecule has 3 fully saturated rings. The van der Waals surface area contributed by atoms with E-state index in [1.54, 1.807) is 0 Å². The summed E-state index contributed by atoms with van der Waals surface area (Å²) in [5.74, 6) is 2.38. The Kier molecular flexibility index (Phi) is 4.11. The predicted octanol–water partition coefficient (Wildman–Crippen LogP) is 2.41. The number of carbonyl (C=O) groups is 1. The largest absolute Gasteiger partial charge is 0.342 e. The number of hydrogen-bond donors (Lipinski definition) is 1. The van der Waals surface area contributed by atoms with Crippen molar-refractivity contribution in [3.05, 3.63) is 0 Å². The third kappa shape index (κ3) is 2.81. The number of amides is 1. The molecule has 19 heavy (non-hydrogen) atoms. The Hall–Kier alpha value is -0.570. The number of carbonyl (C=O) groups excluding carboxylic acids is 1. The van der Waals surface area contributed by atoms with Crippen LogP contribution in [0.25, 0.3) is 0 Å². The first kappa shape index (κ1) is 13.4. The van der Waals surface area contributed by atoms with E-state index in [4.69, 9.17) is 0 Å².